The average Bonchev–Trinajstić information content (AvgIpc) is 2.85. The van der Waals surface area contributed by atoms with Gasteiger partial charge in [-0.2, -0.15) is 17.9 Å². The van der Waals surface area contributed by atoms with Gasteiger partial charge in [0.05, 0.1) is 0 Å². The van der Waals surface area contributed by atoms with E-state index >= 15 is 0 Å². The van der Waals surface area contributed by atoms with Crippen LogP contribution in [0.25, 0.3) is 0 Å². The van der Waals surface area contributed by atoms with E-state index in [0.29, 0.717) is 11.3 Å². The zero-order valence-corrected chi connectivity index (χ0v) is 10.8. The zero-order chi connectivity index (χ0) is 14.5. The Morgan fingerprint density at radius 3 is 2.32 bits per heavy atom. The standard InChI is InChI=1S/C9H8F3NO4S2/c10-9(11,12)8(3-4-8)13-19(16,17)6-2-1-5(18-6)7(14)15/h1-2,13H,3-4H2,(H,14,15). The number of thiophene rings is 1. The summed E-state index contributed by atoms with van der Waals surface area (Å²) in [5, 5.41) is 8.65. The molecule has 2 rings (SSSR count). The Balaban J connectivity index is 2.26. The first-order valence-corrected chi connectivity index (χ1v) is 7.31. The largest absolute Gasteiger partial charge is 0.477 e. The molecular formula is C9H8F3NO4S2. The first-order valence-electron chi connectivity index (χ1n) is 5.01. The number of aromatic carboxylic acids is 1. The smallest absolute Gasteiger partial charge is 0.407 e. The van der Waals surface area contributed by atoms with Crippen LogP contribution in [-0.2, 0) is 10.0 Å². The SMILES string of the molecule is O=C(O)c1ccc(S(=O)(=O)NC2(C(F)(F)F)CC2)s1. The second kappa shape index (κ2) is 4.18. The van der Waals surface area contributed by atoms with Gasteiger partial charge >= 0.3 is 12.1 Å². The Kier molecular flexibility index (Phi) is 3.14. The molecule has 1 aromatic rings. The second-order valence-electron chi connectivity index (χ2n) is 4.11. The predicted molar refractivity (Wildman–Crippen MR) is 59.6 cm³/mol. The Morgan fingerprint density at radius 2 is 1.95 bits per heavy atom. The topological polar surface area (TPSA) is 83.5 Å². The Morgan fingerprint density at radius 1 is 1.37 bits per heavy atom. The predicted octanol–water partition coefficient (Wildman–Crippen LogP) is 1.82. The number of hydrogen-bond acceptors (Lipinski definition) is 4. The van der Waals surface area contributed by atoms with Crippen molar-refractivity contribution in [2.75, 3.05) is 0 Å². The molecule has 106 valence electrons. The molecule has 5 nitrogen and oxygen atoms in total. The third-order valence-electron chi connectivity index (χ3n) is 2.68. The molecule has 0 aromatic carbocycles. The molecule has 1 heterocycles. The summed E-state index contributed by atoms with van der Waals surface area (Å²) in [4.78, 5) is 10.4. The van der Waals surface area contributed by atoms with Gasteiger partial charge in [0.15, 0.2) is 0 Å². The van der Waals surface area contributed by atoms with E-state index in [4.69, 9.17) is 5.11 Å². The molecule has 0 atom stereocenters. The van der Waals surface area contributed by atoms with E-state index in [1.54, 1.807) is 4.72 Å². The van der Waals surface area contributed by atoms with Gasteiger partial charge in [-0.3, -0.25) is 0 Å². The summed E-state index contributed by atoms with van der Waals surface area (Å²) in [5.41, 5.74) is -2.40. The maximum Gasteiger partial charge on any atom is 0.407 e. The molecule has 0 amide bonds. The maximum atomic E-state index is 12.7. The minimum absolute atomic E-state index is 0.253. The van der Waals surface area contributed by atoms with Crippen molar-refractivity contribution in [2.24, 2.45) is 0 Å². The minimum atomic E-state index is -4.66. The zero-order valence-electron chi connectivity index (χ0n) is 9.19. The van der Waals surface area contributed by atoms with Gasteiger partial charge in [-0.25, -0.2) is 13.2 Å². The van der Waals surface area contributed by atoms with Crippen molar-refractivity contribution in [3.63, 3.8) is 0 Å². The van der Waals surface area contributed by atoms with E-state index in [1.165, 1.54) is 0 Å². The van der Waals surface area contributed by atoms with Crippen LogP contribution in [0.1, 0.15) is 22.5 Å². The Bertz CT molecular complexity index is 616. The van der Waals surface area contributed by atoms with Gasteiger partial charge in [-0.15, -0.1) is 11.3 Å². The molecule has 1 aliphatic carbocycles. The number of carboxylic acids is 1. The fourth-order valence-electron chi connectivity index (χ4n) is 1.46. The van der Waals surface area contributed by atoms with E-state index in [-0.39, 0.29) is 17.7 Å². The number of carbonyl (C=O) groups is 1. The van der Waals surface area contributed by atoms with Gasteiger partial charge in [-0.05, 0) is 25.0 Å². The lowest BCUT2D eigenvalue weighted by atomic mass is 10.3. The number of nitrogens with one attached hydrogen (secondary N) is 1. The van der Waals surface area contributed by atoms with E-state index in [1.807, 2.05) is 0 Å². The quantitative estimate of drug-likeness (QED) is 0.888. The fourth-order valence-corrected chi connectivity index (χ4v) is 4.05. The van der Waals surface area contributed by atoms with Crippen molar-refractivity contribution in [1.29, 1.82) is 0 Å². The third-order valence-corrected chi connectivity index (χ3v) is 5.78. The molecule has 2 N–H and O–H groups in total. The molecule has 0 unspecified atom stereocenters. The second-order valence-corrected chi connectivity index (χ2v) is 7.10. The molecule has 0 bridgehead atoms. The molecule has 0 spiro atoms. The number of hydrogen-bond donors (Lipinski definition) is 2. The van der Waals surface area contributed by atoms with Crippen molar-refractivity contribution in [2.45, 2.75) is 28.8 Å². The lowest BCUT2D eigenvalue weighted by Crippen LogP contribution is -2.47. The van der Waals surface area contributed by atoms with E-state index in [0.717, 1.165) is 12.1 Å². The van der Waals surface area contributed by atoms with Crippen molar-refractivity contribution in [3.8, 4) is 0 Å². The van der Waals surface area contributed by atoms with Crippen LogP contribution in [0.3, 0.4) is 0 Å². The third kappa shape index (κ3) is 2.60. The van der Waals surface area contributed by atoms with Crippen LogP contribution < -0.4 is 4.72 Å². The molecule has 0 radical (unpaired) electrons. The van der Waals surface area contributed by atoms with Gasteiger partial charge < -0.3 is 5.11 Å². The van der Waals surface area contributed by atoms with Crippen molar-refractivity contribution in [1.82, 2.24) is 4.72 Å². The van der Waals surface area contributed by atoms with E-state index in [2.05, 4.69) is 0 Å². The summed E-state index contributed by atoms with van der Waals surface area (Å²) in [7, 11) is -4.37. The van der Waals surface area contributed by atoms with Gasteiger partial charge in [0, 0.05) is 0 Å². The van der Waals surface area contributed by atoms with Gasteiger partial charge in [0.1, 0.15) is 14.6 Å². The Labute approximate surface area is 110 Å². The minimum Gasteiger partial charge on any atom is -0.477 e. The van der Waals surface area contributed by atoms with Crippen molar-refractivity contribution < 1.29 is 31.5 Å². The molecule has 1 aliphatic rings. The summed E-state index contributed by atoms with van der Waals surface area (Å²) in [6, 6.07) is 2.01. The highest BCUT2D eigenvalue weighted by atomic mass is 32.2. The van der Waals surface area contributed by atoms with Gasteiger partial charge in [0.2, 0.25) is 0 Å². The average molecular weight is 315 g/mol. The first-order chi connectivity index (χ1) is 8.57. The summed E-state index contributed by atoms with van der Waals surface area (Å²) in [6.07, 6.45) is -5.28. The lowest BCUT2D eigenvalue weighted by molar-refractivity contribution is -0.160. The molecule has 10 heteroatoms. The molecule has 0 saturated heterocycles. The molecule has 1 fully saturated rings. The van der Waals surface area contributed by atoms with Crippen LogP contribution in [-0.4, -0.2) is 31.2 Å². The highest BCUT2D eigenvalue weighted by Gasteiger charge is 2.65. The summed E-state index contributed by atoms with van der Waals surface area (Å²) >= 11 is 0.410. The summed E-state index contributed by atoms with van der Waals surface area (Å²) in [5.74, 6) is -1.33. The molecule has 0 aliphatic heterocycles. The van der Waals surface area contributed by atoms with Gasteiger partial charge in [-0.1, -0.05) is 0 Å². The number of sulfonamides is 1. The Hall–Kier alpha value is -1.13. The fraction of sp³-hybridized carbons (Fsp3) is 0.444. The molecular weight excluding hydrogens is 307 g/mol. The summed E-state index contributed by atoms with van der Waals surface area (Å²) in [6.45, 7) is 0. The lowest BCUT2D eigenvalue weighted by Gasteiger charge is -2.19. The van der Waals surface area contributed by atoms with Gasteiger partial charge in [0.25, 0.3) is 10.0 Å². The molecule has 1 saturated carbocycles. The molecule has 1 aromatic heterocycles. The van der Waals surface area contributed by atoms with Crippen molar-refractivity contribution in [3.05, 3.63) is 17.0 Å². The van der Waals surface area contributed by atoms with Crippen molar-refractivity contribution >= 4 is 27.3 Å². The number of alkyl halides is 3. The number of rotatable bonds is 4. The van der Waals surface area contributed by atoms with Crippen LogP contribution in [0.4, 0.5) is 13.2 Å². The normalized spacial score (nSPS) is 18.3. The monoisotopic (exact) mass is 315 g/mol. The number of carboxylic acid groups (broad SMARTS) is 1. The van der Waals surface area contributed by atoms with Crippen LogP contribution in [0.2, 0.25) is 0 Å². The van der Waals surface area contributed by atoms with E-state index < -0.39 is 31.9 Å². The summed E-state index contributed by atoms with van der Waals surface area (Å²) < 4.78 is 62.7. The number of halogens is 3. The van der Waals surface area contributed by atoms with Crippen LogP contribution in [0.5, 0.6) is 0 Å². The van der Waals surface area contributed by atoms with Crippen LogP contribution in [0.15, 0.2) is 16.3 Å². The van der Waals surface area contributed by atoms with Crippen LogP contribution >= 0.6 is 11.3 Å². The first kappa shape index (κ1) is 14.3. The highest BCUT2D eigenvalue weighted by Crippen LogP contribution is 2.49. The highest BCUT2D eigenvalue weighted by molar-refractivity contribution is 7.91. The van der Waals surface area contributed by atoms with Crippen LogP contribution in [0, 0.1) is 0 Å². The maximum absolute atomic E-state index is 12.7. The molecule has 19 heavy (non-hydrogen) atoms. The van der Waals surface area contributed by atoms with E-state index in [9.17, 15) is 26.4 Å².